The summed E-state index contributed by atoms with van der Waals surface area (Å²) in [6.07, 6.45) is 2.02. The minimum atomic E-state index is -0.814. The number of hydrogen-bond donors (Lipinski definition) is 1. The molecule has 1 aromatic rings. The van der Waals surface area contributed by atoms with E-state index < -0.39 is 5.97 Å². The molecule has 3 heteroatoms. The Bertz CT molecular complexity index is 367. The molecule has 16 heavy (non-hydrogen) atoms. The third-order valence-electron chi connectivity index (χ3n) is 2.17. The number of aliphatic carboxylic acids is 1. The second kappa shape index (κ2) is 5.95. The zero-order valence-corrected chi connectivity index (χ0v) is 9.68. The summed E-state index contributed by atoms with van der Waals surface area (Å²) in [5, 5.41) is 8.85. The quantitative estimate of drug-likeness (QED) is 0.774. The van der Waals surface area contributed by atoms with E-state index in [-0.39, 0.29) is 6.54 Å². The van der Waals surface area contributed by atoms with E-state index in [1.165, 1.54) is 5.57 Å². The molecular weight excluding hydrogens is 202 g/mol. The molecule has 0 aromatic heterocycles. The molecule has 1 rings (SSSR count). The van der Waals surface area contributed by atoms with Crippen molar-refractivity contribution in [2.75, 3.05) is 18.0 Å². The maximum atomic E-state index is 10.8. The molecule has 0 aliphatic carbocycles. The Labute approximate surface area is 96.0 Å². The Morgan fingerprint density at radius 1 is 1.31 bits per heavy atom. The first kappa shape index (κ1) is 12.3. The molecule has 0 amide bonds. The molecular formula is C13H17NO2. The van der Waals surface area contributed by atoms with Crippen LogP contribution >= 0.6 is 0 Å². The van der Waals surface area contributed by atoms with Gasteiger partial charge < -0.3 is 10.0 Å². The number of anilines is 1. The second-order valence-corrected chi connectivity index (χ2v) is 3.89. The molecule has 0 aliphatic heterocycles. The van der Waals surface area contributed by atoms with Crippen LogP contribution in [0, 0.1) is 0 Å². The van der Waals surface area contributed by atoms with Crippen molar-refractivity contribution in [3.8, 4) is 0 Å². The number of para-hydroxylation sites is 1. The van der Waals surface area contributed by atoms with Crippen LogP contribution < -0.4 is 4.90 Å². The maximum Gasteiger partial charge on any atom is 0.323 e. The number of carboxylic acid groups (broad SMARTS) is 1. The van der Waals surface area contributed by atoms with E-state index in [1.807, 2.05) is 55.2 Å². The highest BCUT2D eigenvalue weighted by Gasteiger charge is 2.08. The molecule has 3 nitrogen and oxygen atoms in total. The lowest BCUT2D eigenvalue weighted by atomic mass is 10.2. The van der Waals surface area contributed by atoms with Gasteiger partial charge in [-0.1, -0.05) is 29.8 Å². The molecule has 0 bridgehead atoms. The fraction of sp³-hybridized carbons (Fsp3) is 0.308. The molecule has 0 heterocycles. The fourth-order valence-corrected chi connectivity index (χ4v) is 1.36. The first-order valence-corrected chi connectivity index (χ1v) is 5.24. The van der Waals surface area contributed by atoms with Gasteiger partial charge in [0.2, 0.25) is 0 Å². The Morgan fingerprint density at radius 3 is 2.44 bits per heavy atom. The SMILES string of the molecule is CC(C)=CCN(CC(=O)O)c1ccccc1. The summed E-state index contributed by atoms with van der Waals surface area (Å²) in [6, 6.07) is 9.58. The van der Waals surface area contributed by atoms with Crippen molar-refractivity contribution >= 4 is 11.7 Å². The Balaban J connectivity index is 2.79. The number of rotatable bonds is 5. The van der Waals surface area contributed by atoms with Crippen LogP contribution in [0.4, 0.5) is 5.69 Å². The van der Waals surface area contributed by atoms with Crippen molar-refractivity contribution < 1.29 is 9.90 Å². The lowest BCUT2D eigenvalue weighted by Crippen LogP contribution is -2.29. The number of nitrogens with zero attached hydrogens (tertiary/aromatic N) is 1. The van der Waals surface area contributed by atoms with Crippen LogP contribution in [0.3, 0.4) is 0 Å². The van der Waals surface area contributed by atoms with Gasteiger partial charge in [-0.25, -0.2) is 0 Å². The smallest absolute Gasteiger partial charge is 0.323 e. The van der Waals surface area contributed by atoms with E-state index in [0.717, 1.165) is 5.69 Å². The maximum absolute atomic E-state index is 10.8. The summed E-state index contributed by atoms with van der Waals surface area (Å²) in [7, 11) is 0. The molecule has 1 aromatic carbocycles. The molecule has 86 valence electrons. The van der Waals surface area contributed by atoms with E-state index in [0.29, 0.717) is 6.54 Å². The summed E-state index contributed by atoms with van der Waals surface area (Å²) < 4.78 is 0. The summed E-state index contributed by atoms with van der Waals surface area (Å²) >= 11 is 0. The highest BCUT2D eigenvalue weighted by atomic mass is 16.4. The molecule has 0 fully saturated rings. The van der Waals surface area contributed by atoms with Crippen molar-refractivity contribution in [1.29, 1.82) is 0 Å². The lowest BCUT2D eigenvalue weighted by molar-refractivity contribution is -0.135. The summed E-state index contributed by atoms with van der Waals surface area (Å²) in [5.74, 6) is -0.814. The minimum Gasteiger partial charge on any atom is -0.480 e. The largest absolute Gasteiger partial charge is 0.480 e. The van der Waals surface area contributed by atoms with Gasteiger partial charge in [0.05, 0.1) is 0 Å². The molecule has 0 aliphatic rings. The molecule has 0 saturated heterocycles. The summed E-state index contributed by atoms with van der Waals surface area (Å²) in [5.41, 5.74) is 2.12. The van der Waals surface area contributed by atoms with E-state index in [4.69, 9.17) is 5.11 Å². The van der Waals surface area contributed by atoms with Crippen LogP contribution in [0.15, 0.2) is 42.0 Å². The Hall–Kier alpha value is -1.77. The molecule has 0 atom stereocenters. The summed E-state index contributed by atoms with van der Waals surface area (Å²) in [6.45, 7) is 4.65. The van der Waals surface area contributed by atoms with Crippen molar-refractivity contribution in [3.63, 3.8) is 0 Å². The van der Waals surface area contributed by atoms with Crippen LogP contribution in [0.5, 0.6) is 0 Å². The average Bonchev–Trinajstić information content (AvgIpc) is 2.25. The van der Waals surface area contributed by atoms with Gasteiger partial charge in [0.1, 0.15) is 6.54 Å². The molecule has 0 saturated carbocycles. The topological polar surface area (TPSA) is 40.5 Å². The highest BCUT2D eigenvalue weighted by molar-refractivity contribution is 5.73. The Morgan fingerprint density at radius 2 is 1.94 bits per heavy atom. The van der Waals surface area contributed by atoms with Gasteiger partial charge in [-0.05, 0) is 26.0 Å². The number of benzene rings is 1. The van der Waals surface area contributed by atoms with Gasteiger partial charge in [0, 0.05) is 12.2 Å². The van der Waals surface area contributed by atoms with Gasteiger partial charge >= 0.3 is 5.97 Å². The van der Waals surface area contributed by atoms with Gasteiger partial charge in [0.25, 0.3) is 0 Å². The van der Waals surface area contributed by atoms with Crippen LogP contribution in [0.1, 0.15) is 13.8 Å². The van der Waals surface area contributed by atoms with Crippen molar-refractivity contribution in [1.82, 2.24) is 0 Å². The molecule has 1 N–H and O–H groups in total. The lowest BCUT2D eigenvalue weighted by Gasteiger charge is -2.21. The van der Waals surface area contributed by atoms with E-state index in [1.54, 1.807) is 0 Å². The first-order chi connectivity index (χ1) is 7.59. The number of carboxylic acids is 1. The molecule has 0 spiro atoms. The van der Waals surface area contributed by atoms with Gasteiger partial charge in [-0.3, -0.25) is 4.79 Å². The number of carbonyl (C=O) groups is 1. The second-order valence-electron chi connectivity index (χ2n) is 3.89. The average molecular weight is 219 g/mol. The minimum absolute atomic E-state index is 0.0216. The predicted molar refractivity (Wildman–Crippen MR) is 65.7 cm³/mol. The van der Waals surface area contributed by atoms with Crippen molar-refractivity contribution in [2.24, 2.45) is 0 Å². The van der Waals surface area contributed by atoms with Gasteiger partial charge in [-0.15, -0.1) is 0 Å². The number of allylic oxidation sites excluding steroid dienone is 1. The Kier molecular flexibility index (Phi) is 4.58. The van der Waals surface area contributed by atoms with Gasteiger partial charge in [-0.2, -0.15) is 0 Å². The standard InChI is InChI=1S/C13H17NO2/c1-11(2)8-9-14(10-13(15)16)12-6-4-3-5-7-12/h3-8H,9-10H2,1-2H3,(H,15,16). The molecule has 0 unspecified atom stereocenters. The van der Waals surface area contributed by atoms with Crippen LogP contribution in [0.2, 0.25) is 0 Å². The normalized spacial score (nSPS) is 9.62. The zero-order chi connectivity index (χ0) is 12.0. The van der Waals surface area contributed by atoms with Crippen LogP contribution in [-0.4, -0.2) is 24.2 Å². The van der Waals surface area contributed by atoms with E-state index in [9.17, 15) is 4.79 Å². The van der Waals surface area contributed by atoms with E-state index >= 15 is 0 Å². The summed E-state index contributed by atoms with van der Waals surface area (Å²) in [4.78, 5) is 12.6. The van der Waals surface area contributed by atoms with Crippen molar-refractivity contribution in [3.05, 3.63) is 42.0 Å². The van der Waals surface area contributed by atoms with Gasteiger partial charge in [0.15, 0.2) is 0 Å². The first-order valence-electron chi connectivity index (χ1n) is 5.24. The monoisotopic (exact) mass is 219 g/mol. The van der Waals surface area contributed by atoms with E-state index in [2.05, 4.69) is 0 Å². The third-order valence-corrected chi connectivity index (χ3v) is 2.17. The van der Waals surface area contributed by atoms with Crippen LogP contribution in [-0.2, 0) is 4.79 Å². The molecule has 0 radical (unpaired) electrons. The van der Waals surface area contributed by atoms with Crippen molar-refractivity contribution in [2.45, 2.75) is 13.8 Å². The number of hydrogen-bond acceptors (Lipinski definition) is 2. The highest BCUT2D eigenvalue weighted by Crippen LogP contribution is 2.12. The third kappa shape index (κ3) is 4.17. The van der Waals surface area contributed by atoms with Crippen LogP contribution in [0.25, 0.3) is 0 Å². The predicted octanol–water partition coefficient (Wildman–Crippen LogP) is 2.54. The fourth-order valence-electron chi connectivity index (χ4n) is 1.36. The zero-order valence-electron chi connectivity index (χ0n) is 9.68.